The van der Waals surface area contributed by atoms with Gasteiger partial charge in [0.25, 0.3) is 5.89 Å². The SMILES string of the molecule is Cc1nnc(-c2c3n(c4c(=S)nc[nH]c24)CCCCC3)o1. The van der Waals surface area contributed by atoms with E-state index >= 15 is 0 Å². The Balaban J connectivity index is 2.12. The van der Waals surface area contributed by atoms with Crippen molar-refractivity contribution in [3.05, 3.63) is 22.6 Å². The minimum absolute atomic E-state index is 0.560. The number of aromatic nitrogens is 5. The summed E-state index contributed by atoms with van der Waals surface area (Å²) in [5, 5.41) is 8.17. The molecule has 21 heavy (non-hydrogen) atoms. The van der Waals surface area contributed by atoms with Gasteiger partial charge in [-0.2, -0.15) is 0 Å². The molecule has 0 bridgehead atoms. The Kier molecular flexibility index (Phi) is 2.88. The first-order chi connectivity index (χ1) is 10.3. The zero-order valence-corrected chi connectivity index (χ0v) is 12.5. The van der Waals surface area contributed by atoms with E-state index in [1.165, 1.54) is 12.1 Å². The topological polar surface area (TPSA) is 72.5 Å². The number of hydrogen-bond donors (Lipinski definition) is 1. The number of aromatic amines is 1. The van der Waals surface area contributed by atoms with Crippen molar-refractivity contribution in [1.29, 1.82) is 0 Å². The van der Waals surface area contributed by atoms with Gasteiger partial charge in [0, 0.05) is 19.2 Å². The fraction of sp³-hybridized carbons (Fsp3) is 0.429. The molecule has 0 amide bonds. The quantitative estimate of drug-likeness (QED) is 0.699. The number of fused-ring (bicyclic) bond motifs is 3. The van der Waals surface area contributed by atoms with Crippen LogP contribution in [-0.4, -0.2) is 24.7 Å². The molecular formula is C14H15N5OS. The second-order valence-electron chi connectivity index (χ2n) is 5.34. The van der Waals surface area contributed by atoms with Crippen LogP contribution >= 0.6 is 12.2 Å². The summed E-state index contributed by atoms with van der Waals surface area (Å²) in [4.78, 5) is 7.45. The molecule has 0 atom stereocenters. The maximum Gasteiger partial charge on any atom is 0.251 e. The van der Waals surface area contributed by atoms with Gasteiger partial charge in [-0.25, -0.2) is 4.98 Å². The summed E-state index contributed by atoms with van der Waals surface area (Å²) in [7, 11) is 0. The van der Waals surface area contributed by atoms with Crippen LogP contribution in [0.4, 0.5) is 0 Å². The van der Waals surface area contributed by atoms with Crippen molar-refractivity contribution in [3.8, 4) is 11.5 Å². The van der Waals surface area contributed by atoms with Gasteiger partial charge in [-0.15, -0.1) is 10.2 Å². The van der Waals surface area contributed by atoms with Crippen molar-refractivity contribution in [2.45, 2.75) is 39.2 Å². The Bertz CT molecular complexity index is 875. The molecule has 4 heterocycles. The molecule has 7 heteroatoms. The monoisotopic (exact) mass is 301 g/mol. The summed E-state index contributed by atoms with van der Waals surface area (Å²) in [6, 6.07) is 0. The van der Waals surface area contributed by atoms with Crippen LogP contribution in [0.25, 0.3) is 22.5 Å². The number of H-pyrrole nitrogens is 1. The van der Waals surface area contributed by atoms with Crippen LogP contribution in [-0.2, 0) is 13.0 Å². The van der Waals surface area contributed by atoms with Crippen molar-refractivity contribution in [2.24, 2.45) is 0 Å². The second-order valence-corrected chi connectivity index (χ2v) is 5.73. The third-order valence-electron chi connectivity index (χ3n) is 4.00. The Hall–Kier alpha value is -2.02. The standard InChI is InChI=1S/C14H15N5OS/c1-8-17-18-13(20-8)10-9-5-3-2-4-6-19(9)12-11(10)15-7-16-14(12)21/h7H,2-6H2,1H3,(H,15,16,21). The van der Waals surface area contributed by atoms with E-state index in [-0.39, 0.29) is 0 Å². The van der Waals surface area contributed by atoms with Crippen LogP contribution in [0.3, 0.4) is 0 Å². The predicted molar refractivity (Wildman–Crippen MR) is 80.5 cm³/mol. The molecule has 1 N–H and O–H groups in total. The highest BCUT2D eigenvalue weighted by atomic mass is 32.1. The molecule has 0 radical (unpaired) electrons. The summed E-state index contributed by atoms with van der Waals surface area (Å²) < 4.78 is 8.57. The average Bonchev–Trinajstić information content (AvgIpc) is 2.92. The highest BCUT2D eigenvalue weighted by Crippen LogP contribution is 2.35. The molecule has 0 aromatic carbocycles. The van der Waals surface area contributed by atoms with E-state index in [1.807, 2.05) is 0 Å². The van der Waals surface area contributed by atoms with Gasteiger partial charge in [-0.1, -0.05) is 18.6 Å². The van der Waals surface area contributed by atoms with Crippen molar-refractivity contribution in [1.82, 2.24) is 24.7 Å². The van der Waals surface area contributed by atoms with Gasteiger partial charge in [0.1, 0.15) is 5.52 Å². The lowest BCUT2D eigenvalue weighted by Gasteiger charge is -2.05. The minimum atomic E-state index is 0.560. The lowest BCUT2D eigenvalue weighted by Crippen LogP contribution is -2.01. The molecule has 1 aliphatic rings. The van der Waals surface area contributed by atoms with Gasteiger partial charge in [-0.3, -0.25) is 0 Å². The normalized spacial score (nSPS) is 15.1. The van der Waals surface area contributed by atoms with Gasteiger partial charge in [0.2, 0.25) is 5.89 Å². The number of nitrogens with one attached hydrogen (secondary N) is 1. The molecule has 3 aromatic heterocycles. The van der Waals surface area contributed by atoms with Gasteiger partial charge in [0.15, 0.2) is 4.64 Å². The number of rotatable bonds is 1. The molecule has 0 saturated heterocycles. The molecular weight excluding hydrogens is 286 g/mol. The first-order valence-corrected chi connectivity index (χ1v) is 7.56. The summed E-state index contributed by atoms with van der Waals surface area (Å²) in [5.41, 5.74) is 4.15. The lowest BCUT2D eigenvalue weighted by molar-refractivity contribution is 0.532. The van der Waals surface area contributed by atoms with E-state index in [4.69, 9.17) is 16.6 Å². The van der Waals surface area contributed by atoms with Crippen LogP contribution in [0.5, 0.6) is 0 Å². The zero-order chi connectivity index (χ0) is 14.4. The average molecular weight is 301 g/mol. The van der Waals surface area contributed by atoms with Gasteiger partial charge < -0.3 is 14.0 Å². The minimum Gasteiger partial charge on any atom is -0.421 e. The third kappa shape index (κ3) is 1.91. The molecule has 6 nitrogen and oxygen atoms in total. The molecule has 0 fully saturated rings. The summed E-state index contributed by atoms with van der Waals surface area (Å²) in [6.07, 6.45) is 6.17. The summed E-state index contributed by atoms with van der Waals surface area (Å²) in [6.45, 7) is 2.76. The van der Waals surface area contributed by atoms with E-state index in [0.29, 0.717) is 16.4 Å². The first-order valence-electron chi connectivity index (χ1n) is 7.15. The Morgan fingerprint density at radius 2 is 2.19 bits per heavy atom. The summed E-state index contributed by atoms with van der Waals surface area (Å²) in [5.74, 6) is 1.13. The first kappa shape index (κ1) is 12.7. The molecule has 0 spiro atoms. The van der Waals surface area contributed by atoms with Crippen molar-refractivity contribution in [3.63, 3.8) is 0 Å². The predicted octanol–water partition coefficient (Wildman–Crippen LogP) is 3.18. The van der Waals surface area contributed by atoms with Crippen LogP contribution in [0, 0.1) is 11.6 Å². The lowest BCUT2D eigenvalue weighted by atomic mass is 10.1. The number of aryl methyl sites for hydroxylation is 2. The van der Waals surface area contributed by atoms with Crippen LogP contribution < -0.4 is 0 Å². The molecule has 4 rings (SSSR count). The Morgan fingerprint density at radius 3 is 3.00 bits per heavy atom. The smallest absolute Gasteiger partial charge is 0.251 e. The molecule has 1 aliphatic heterocycles. The van der Waals surface area contributed by atoms with Crippen molar-refractivity contribution < 1.29 is 4.42 Å². The summed E-state index contributed by atoms with van der Waals surface area (Å²) >= 11 is 5.43. The third-order valence-corrected chi connectivity index (χ3v) is 4.30. The van der Waals surface area contributed by atoms with E-state index in [0.717, 1.165) is 42.4 Å². The van der Waals surface area contributed by atoms with Crippen LogP contribution in [0.2, 0.25) is 0 Å². The Morgan fingerprint density at radius 1 is 1.29 bits per heavy atom. The maximum absolute atomic E-state index is 5.67. The molecule has 0 unspecified atom stereocenters. The van der Waals surface area contributed by atoms with Gasteiger partial charge in [0.05, 0.1) is 17.4 Å². The Labute approximate surface area is 126 Å². The number of hydrogen-bond acceptors (Lipinski definition) is 5. The molecule has 108 valence electrons. The van der Waals surface area contributed by atoms with E-state index in [1.54, 1.807) is 13.3 Å². The fourth-order valence-electron chi connectivity index (χ4n) is 3.12. The number of nitrogens with zero attached hydrogens (tertiary/aromatic N) is 4. The highest BCUT2D eigenvalue weighted by molar-refractivity contribution is 7.71. The largest absolute Gasteiger partial charge is 0.421 e. The molecule has 0 aliphatic carbocycles. The van der Waals surface area contributed by atoms with E-state index < -0.39 is 0 Å². The maximum atomic E-state index is 5.67. The highest BCUT2D eigenvalue weighted by Gasteiger charge is 2.24. The van der Waals surface area contributed by atoms with Gasteiger partial charge >= 0.3 is 0 Å². The van der Waals surface area contributed by atoms with E-state index in [2.05, 4.69) is 24.7 Å². The van der Waals surface area contributed by atoms with Gasteiger partial charge in [-0.05, 0) is 19.3 Å². The van der Waals surface area contributed by atoms with Crippen LogP contribution in [0.1, 0.15) is 30.8 Å². The zero-order valence-electron chi connectivity index (χ0n) is 11.7. The molecule has 3 aromatic rings. The van der Waals surface area contributed by atoms with Crippen LogP contribution in [0.15, 0.2) is 10.7 Å². The van der Waals surface area contributed by atoms with Crippen molar-refractivity contribution in [2.75, 3.05) is 0 Å². The van der Waals surface area contributed by atoms with Crippen molar-refractivity contribution >= 4 is 23.3 Å². The van der Waals surface area contributed by atoms with E-state index in [9.17, 15) is 0 Å². The second kappa shape index (κ2) is 4.77. The fourth-order valence-corrected chi connectivity index (χ4v) is 3.39. The molecule has 0 saturated carbocycles.